The van der Waals surface area contributed by atoms with Crippen LogP contribution < -0.4 is 9.47 Å². The number of ether oxygens (including phenoxy) is 2. The average Bonchev–Trinajstić information content (AvgIpc) is 2.69. The van der Waals surface area contributed by atoms with Crippen LogP contribution in [0.4, 0.5) is 0 Å². The van der Waals surface area contributed by atoms with E-state index >= 15 is 0 Å². The lowest BCUT2D eigenvalue weighted by Gasteiger charge is -2.19. The second-order valence-electron chi connectivity index (χ2n) is 4.76. The van der Waals surface area contributed by atoms with E-state index in [9.17, 15) is 5.11 Å². The molecule has 2 rings (SSSR count). The smallest absolute Gasteiger partial charge is 0.122 e. The number of benzene rings is 1. The highest BCUT2D eigenvalue weighted by molar-refractivity contribution is 5.40. The fourth-order valence-corrected chi connectivity index (χ4v) is 2.66. The predicted octanol–water partition coefficient (Wildman–Crippen LogP) is 2.58. The van der Waals surface area contributed by atoms with Crippen LogP contribution >= 0.6 is 0 Å². The van der Waals surface area contributed by atoms with Gasteiger partial charge in [-0.3, -0.25) is 0 Å². The molecular formula is C14H20O3. The maximum Gasteiger partial charge on any atom is 0.122 e. The van der Waals surface area contributed by atoms with Gasteiger partial charge in [0.25, 0.3) is 0 Å². The van der Waals surface area contributed by atoms with Gasteiger partial charge in [-0.2, -0.15) is 0 Å². The zero-order valence-corrected chi connectivity index (χ0v) is 10.6. The molecule has 1 N–H and O–H groups in total. The third-order valence-electron chi connectivity index (χ3n) is 3.82. The molecule has 0 amide bonds. The minimum atomic E-state index is -0.183. The predicted molar refractivity (Wildman–Crippen MR) is 66.7 cm³/mol. The quantitative estimate of drug-likeness (QED) is 0.876. The number of aliphatic hydroxyl groups excluding tert-OH is 1. The van der Waals surface area contributed by atoms with Crippen LogP contribution in [0.15, 0.2) is 18.2 Å². The highest BCUT2D eigenvalue weighted by Crippen LogP contribution is 2.41. The molecule has 1 aromatic rings. The lowest BCUT2D eigenvalue weighted by atomic mass is 9.89. The van der Waals surface area contributed by atoms with E-state index in [2.05, 4.69) is 6.92 Å². The molecule has 94 valence electrons. The molecule has 0 spiro atoms. The summed E-state index contributed by atoms with van der Waals surface area (Å²) in [4.78, 5) is 0. The molecule has 1 saturated carbocycles. The summed E-state index contributed by atoms with van der Waals surface area (Å²) < 4.78 is 10.6. The van der Waals surface area contributed by atoms with Crippen molar-refractivity contribution in [3.63, 3.8) is 0 Å². The lowest BCUT2D eigenvalue weighted by molar-refractivity contribution is 0.136. The van der Waals surface area contributed by atoms with Gasteiger partial charge < -0.3 is 14.6 Å². The fourth-order valence-electron chi connectivity index (χ4n) is 2.66. The molecule has 0 saturated heterocycles. The Morgan fingerprint density at radius 2 is 1.65 bits per heavy atom. The summed E-state index contributed by atoms with van der Waals surface area (Å²) in [6.07, 6.45) is 1.72. The van der Waals surface area contributed by atoms with E-state index in [0.717, 1.165) is 24.3 Å². The molecule has 1 fully saturated rings. The van der Waals surface area contributed by atoms with Gasteiger partial charge in [-0.25, -0.2) is 0 Å². The zero-order chi connectivity index (χ0) is 12.4. The number of methoxy groups -OCH3 is 2. The molecule has 3 atom stereocenters. The van der Waals surface area contributed by atoms with Gasteiger partial charge >= 0.3 is 0 Å². The summed E-state index contributed by atoms with van der Waals surface area (Å²) in [6.45, 7) is 2.11. The van der Waals surface area contributed by atoms with Crippen molar-refractivity contribution in [2.24, 2.45) is 5.92 Å². The van der Waals surface area contributed by atoms with Crippen LogP contribution in [0.25, 0.3) is 0 Å². The lowest BCUT2D eigenvalue weighted by Crippen LogP contribution is -2.14. The first-order chi connectivity index (χ1) is 8.15. The Kier molecular flexibility index (Phi) is 3.57. The second-order valence-corrected chi connectivity index (χ2v) is 4.76. The van der Waals surface area contributed by atoms with Gasteiger partial charge in [0.2, 0.25) is 0 Å². The van der Waals surface area contributed by atoms with Crippen LogP contribution in [0.2, 0.25) is 0 Å². The summed E-state index contributed by atoms with van der Waals surface area (Å²) in [6, 6.07) is 5.96. The van der Waals surface area contributed by atoms with E-state index in [1.54, 1.807) is 14.2 Å². The first kappa shape index (κ1) is 12.2. The van der Waals surface area contributed by atoms with Gasteiger partial charge in [0.05, 0.1) is 20.3 Å². The minimum Gasteiger partial charge on any atom is -0.497 e. The van der Waals surface area contributed by atoms with Crippen molar-refractivity contribution in [2.45, 2.75) is 31.8 Å². The van der Waals surface area contributed by atoms with E-state index in [1.807, 2.05) is 18.2 Å². The number of aliphatic hydroxyl groups is 1. The standard InChI is InChI=1S/C14H20O3/c1-9-13(4-5-14(9)15)10-6-11(16-2)8-12(7-10)17-3/h6-9,13-15H,4-5H2,1-3H3. The summed E-state index contributed by atoms with van der Waals surface area (Å²) in [5.41, 5.74) is 1.20. The minimum absolute atomic E-state index is 0.183. The highest BCUT2D eigenvalue weighted by Gasteiger charge is 2.32. The van der Waals surface area contributed by atoms with E-state index in [0.29, 0.717) is 11.8 Å². The van der Waals surface area contributed by atoms with Crippen molar-refractivity contribution in [2.75, 3.05) is 14.2 Å². The highest BCUT2D eigenvalue weighted by atomic mass is 16.5. The monoisotopic (exact) mass is 236 g/mol. The summed E-state index contributed by atoms with van der Waals surface area (Å²) in [5.74, 6) is 2.32. The first-order valence-corrected chi connectivity index (χ1v) is 6.06. The van der Waals surface area contributed by atoms with Crippen LogP contribution in [-0.2, 0) is 0 Å². The van der Waals surface area contributed by atoms with E-state index in [4.69, 9.17) is 9.47 Å². The zero-order valence-electron chi connectivity index (χ0n) is 10.6. The average molecular weight is 236 g/mol. The van der Waals surface area contributed by atoms with Gasteiger partial charge in [-0.05, 0) is 42.4 Å². The first-order valence-electron chi connectivity index (χ1n) is 6.06. The maximum absolute atomic E-state index is 9.82. The molecule has 3 unspecified atom stereocenters. The Morgan fingerprint density at radius 3 is 2.06 bits per heavy atom. The molecule has 17 heavy (non-hydrogen) atoms. The van der Waals surface area contributed by atoms with Crippen molar-refractivity contribution in [3.05, 3.63) is 23.8 Å². The Balaban J connectivity index is 2.31. The molecule has 0 heterocycles. The number of rotatable bonds is 3. The number of hydrogen-bond donors (Lipinski definition) is 1. The van der Waals surface area contributed by atoms with Crippen LogP contribution in [0.3, 0.4) is 0 Å². The van der Waals surface area contributed by atoms with Crippen molar-refractivity contribution in [1.82, 2.24) is 0 Å². The van der Waals surface area contributed by atoms with Gasteiger partial charge in [-0.15, -0.1) is 0 Å². The Bertz CT molecular complexity index is 367. The Labute approximate surface area is 102 Å². The molecule has 1 aliphatic rings. The van der Waals surface area contributed by atoms with Gasteiger partial charge in [0, 0.05) is 6.07 Å². The summed E-state index contributed by atoms with van der Waals surface area (Å²) in [7, 11) is 3.32. The van der Waals surface area contributed by atoms with Crippen LogP contribution in [0.5, 0.6) is 11.5 Å². The fraction of sp³-hybridized carbons (Fsp3) is 0.571. The third kappa shape index (κ3) is 2.39. The normalized spacial score (nSPS) is 28.1. The van der Waals surface area contributed by atoms with Crippen LogP contribution in [0, 0.1) is 5.92 Å². The SMILES string of the molecule is COc1cc(OC)cc(C2CCC(O)C2C)c1. The van der Waals surface area contributed by atoms with Gasteiger partial charge in [0.1, 0.15) is 11.5 Å². The van der Waals surface area contributed by atoms with Crippen molar-refractivity contribution < 1.29 is 14.6 Å². The van der Waals surface area contributed by atoms with Gasteiger partial charge in [0.15, 0.2) is 0 Å². The molecule has 0 radical (unpaired) electrons. The van der Waals surface area contributed by atoms with E-state index in [1.165, 1.54) is 5.56 Å². The maximum atomic E-state index is 9.82. The molecule has 3 nitrogen and oxygen atoms in total. The topological polar surface area (TPSA) is 38.7 Å². The molecular weight excluding hydrogens is 216 g/mol. The van der Waals surface area contributed by atoms with Crippen LogP contribution in [-0.4, -0.2) is 25.4 Å². The molecule has 0 aliphatic heterocycles. The molecule has 0 bridgehead atoms. The molecule has 0 aromatic heterocycles. The largest absolute Gasteiger partial charge is 0.497 e. The van der Waals surface area contributed by atoms with E-state index in [-0.39, 0.29) is 6.10 Å². The van der Waals surface area contributed by atoms with Gasteiger partial charge in [-0.1, -0.05) is 6.92 Å². The van der Waals surface area contributed by atoms with E-state index < -0.39 is 0 Å². The Morgan fingerprint density at radius 1 is 1.06 bits per heavy atom. The second kappa shape index (κ2) is 4.96. The Hall–Kier alpha value is -1.22. The summed E-state index contributed by atoms with van der Waals surface area (Å²) in [5, 5.41) is 9.82. The number of hydrogen-bond acceptors (Lipinski definition) is 3. The molecule has 3 heteroatoms. The summed E-state index contributed by atoms with van der Waals surface area (Å²) >= 11 is 0. The van der Waals surface area contributed by atoms with Crippen molar-refractivity contribution in [1.29, 1.82) is 0 Å². The molecule has 1 aromatic carbocycles. The van der Waals surface area contributed by atoms with Crippen LogP contribution in [0.1, 0.15) is 31.2 Å². The third-order valence-corrected chi connectivity index (χ3v) is 3.82. The molecule has 1 aliphatic carbocycles. The van der Waals surface area contributed by atoms with Crippen molar-refractivity contribution >= 4 is 0 Å². The van der Waals surface area contributed by atoms with Crippen molar-refractivity contribution in [3.8, 4) is 11.5 Å².